The largest absolute Gasteiger partial charge is 0.311 e. The standard InChI is InChI=1S/C97H81BN10/c1-94(2,3)69-51-70(95(4,5)6)54-73(53-69)106-85-41-37-60(58-99)45-78(85)98-79-46-61(59-100)38-42-86(79)107(74-55-71(96(7,8)9)52-72(56-74)97(10,11)12)88-50-68(49-87(106)89(88)98)66-39-43-83-76(47-66)75-35-25-26-36-82(75)108(83)84-44-40-67(92-101-80(62-27-17-13-18-28-62)57-81(102-92)63-29-19-14-20-30-63)48-77(84)93-104-90(64-31-21-15-22-32-64)103-91(105-93)65-33-23-16-24-34-65/h13-57H,1-12H3. The molecular weight excluding hydrogens is 1320 g/mol. The van der Waals surface area contributed by atoms with Gasteiger partial charge in [0.1, 0.15) is 0 Å². The molecule has 0 radical (unpaired) electrons. The highest BCUT2D eigenvalue weighted by Crippen LogP contribution is 2.50. The predicted octanol–water partition coefficient (Wildman–Crippen LogP) is 22.4. The molecule has 2 aliphatic heterocycles. The fourth-order valence-electron chi connectivity index (χ4n) is 15.6. The summed E-state index contributed by atoms with van der Waals surface area (Å²) in [6.07, 6.45) is 0. The van der Waals surface area contributed by atoms with Crippen LogP contribution in [0.3, 0.4) is 0 Å². The molecule has 522 valence electrons. The molecule has 0 spiro atoms. The molecule has 17 rings (SSSR count). The maximum absolute atomic E-state index is 10.9. The van der Waals surface area contributed by atoms with Gasteiger partial charge in [0, 0.05) is 78.3 Å². The molecule has 0 saturated heterocycles. The number of fused-ring (bicyclic) bond motifs is 7. The maximum Gasteiger partial charge on any atom is 0.252 e. The first-order chi connectivity index (χ1) is 51.9. The summed E-state index contributed by atoms with van der Waals surface area (Å²) in [7, 11) is 0. The number of anilines is 6. The number of para-hydroxylation sites is 1. The van der Waals surface area contributed by atoms with E-state index in [1.54, 1.807) is 0 Å². The van der Waals surface area contributed by atoms with E-state index in [2.05, 4.69) is 273 Å². The SMILES string of the molecule is CC(C)(C)c1cc(N2c3ccc(C#N)cc3B3c4cc(C#N)ccc4N(c4cc(C(C)(C)C)cc(C(C)(C)C)c4)c4cc(-c5ccc6c(c5)c5ccccc5n6-c5ccc(-c6nc(-c7ccccc7)cc(-c7ccccc7)n6)cc5-c5nc(-c6ccccc6)nc(-c6ccccc6)n5)cc2c43)cc(C(C)(C)C)c1. The molecule has 0 atom stereocenters. The molecule has 3 aromatic heterocycles. The Kier molecular flexibility index (Phi) is 16.5. The van der Waals surface area contributed by atoms with Crippen LogP contribution in [0.1, 0.15) is 116 Å². The van der Waals surface area contributed by atoms with E-state index in [-0.39, 0.29) is 28.4 Å². The van der Waals surface area contributed by atoms with Crippen molar-refractivity contribution in [1.29, 1.82) is 10.5 Å². The third-order valence-corrected chi connectivity index (χ3v) is 21.4. The third kappa shape index (κ3) is 12.3. The summed E-state index contributed by atoms with van der Waals surface area (Å²) in [5.74, 6) is 2.13. The van der Waals surface area contributed by atoms with E-state index in [9.17, 15) is 10.5 Å². The quantitative estimate of drug-likeness (QED) is 0.123. The highest BCUT2D eigenvalue weighted by Gasteiger charge is 2.45. The van der Waals surface area contributed by atoms with Gasteiger partial charge in [0.15, 0.2) is 23.3 Å². The number of nitriles is 2. The second-order valence-electron chi connectivity index (χ2n) is 32.9. The number of hydrogen-bond donors (Lipinski definition) is 0. The molecule has 0 amide bonds. The molecule has 108 heavy (non-hydrogen) atoms. The van der Waals surface area contributed by atoms with Crippen molar-refractivity contribution in [3.8, 4) is 97.0 Å². The third-order valence-electron chi connectivity index (χ3n) is 21.4. The summed E-state index contributed by atoms with van der Waals surface area (Å²) >= 11 is 0. The number of benzene rings is 12. The van der Waals surface area contributed by atoms with Gasteiger partial charge in [-0.2, -0.15) is 10.5 Å². The molecule has 0 saturated carbocycles. The van der Waals surface area contributed by atoms with Gasteiger partial charge >= 0.3 is 0 Å². The molecule has 2 aliphatic rings. The smallest absolute Gasteiger partial charge is 0.252 e. The van der Waals surface area contributed by atoms with Crippen LogP contribution >= 0.6 is 0 Å². The van der Waals surface area contributed by atoms with Crippen LogP contribution in [0.2, 0.25) is 0 Å². The van der Waals surface area contributed by atoms with Gasteiger partial charge in [-0.25, -0.2) is 24.9 Å². The van der Waals surface area contributed by atoms with Crippen LogP contribution in [0.4, 0.5) is 34.1 Å². The fraction of sp³-hybridized carbons (Fsp3) is 0.165. The molecule has 0 N–H and O–H groups in total. The second-order valence-corrected chi connectivity index (χ2v) is 32.9. The van der Waals surface area contributed by atoms with Crippen LogP contribution in [0.5, 0.6) is 0 Å². The number of nitrogens with zero attached hydrogens (tertiary/aromatic N) is 10. The number of rotatable bonds is 10. The van der Waals surface area contributed by atoms with Gasteiger partial charge in [-0.15, -0.1) is 0 Å². The normalized spacial score (nSPS) is 12.7. The topological polar surface area (TPSA) is 123 Å². The molecule has 15 aromatic rings. The van der Waals surface area contributed by atoms with Crippen molar-refractivity contribution < 1.29 is 0 Å². The highest BCUT2D eigenvalue weighted by molar-refractivity contribution is 7.00. The lowest BCUT2D eigenvalue weighted by Crippen LogP contribution is -2.61. The van der Waals surface area contributed by atoms with Crippen LogP contribution in [0.15, 0.2) is 273 Å². The predicted molar refractivity (Wildman–Crippen MR) is 446 cm³/mol. The van der Waals surface area contributed by atoms with Gasteiger partial charge in [0.2, 0.25) is 0 Å². The molecule has 12 aromatic carbocycles. The van der Waals surface area contributed by atoms with Crippen LogP contribution in [-0.4, -0.2) is 36.2 Å². The summed E-state index contributed by atoms with van der Waals surface area (Å²) in [5.41, 5.74) is 26.0. The van der Waals surface area contributed by atoms with Gasteiger partial charge < -0.3 is 14.4 Å². The minimum absolute atomic E-state index is 0.205. The number of hydrogen-bond acceptors (Lipinski definition) is 9. The lowest BCUT2D eigenvalue weighted by molar-refractivity contribution is 0.568. The first kappa shape index (κ1) is 68.3. The average molecular weight is 1400 g/mol. The number of aromatic nitrogens is 6. The van der Waals surface area contributed by atoms with Crippen molar-refractivity contribution in [2.45, 2.75) is 105 Å². The average Bonchev–Trinajstić information content (AvgIpc) is 0.773. The molecule has 11 heteroatoms. The first-order valence-electron chi connectivity index (χ1n) is 37.2. The zero-order chi connectivity index (χ0) is 74.7. The minimum Gasteiger partial charge on any atom is -0.311 e. The van der Waals surface area contributed by atoms with Gasteiger partial charge in [0.05, 0.1) is 51.4 Å². The summed E-state index contributed by atoms with van der Waals surface area (Å²) < 4.78 is 2.37. The fourth-order valence-corrected chi connectivity index (χ4v) is 15.6. The van der Waals surface area contributed by atoms with E-state index in [1.807, 2.05) is 109 Å². The lowest BCUT2D eigenvalue weighted by Gasteiger charge is -2.45. The van der Waals surface area contributed by atoms with E-state index in [1.165, 1.54) is 22.3 Å². The Balaban J connectivity index is 0.943. The zero-order valence-corrected chi connectivity index (χ0v) is 63.0. The van der Waals surface area contributed by atoms with Crippen LogP contribution in [0, 0.1) is 22.7 Å². The summed E-state index contributed by atoms with van der Waals surface area (Å²) in [6.45, 7) is 27.2. The first-order valence-corrected chi connectivity index (χ1v) is 37.2. The highest BCUT2D eigenvalue weighted by atomic mass is 15.2. The van der Waals surface area contributed by atoms with Gasteiger partial charge in [0.25, 0.3) is 6.71 Å². The molecule has 0 aliphatic carbocycles. The Morgan fingerprint density at radius 1 is 0.296 bits per heavy atom. The molecule has 10 nitrogen and oxygen atoms in total. The Hall–Kier alpha value is -12.8. The van der Waals surface area contributed by atoms with E-state index < -0.39 is 0 Å². The monoisotopic (exact) mass is 1400 g/mol. The van der Waals surface area contributed by atoms with E-state index in [0.717, 1.165) is 134 Å². The van der Waals surface area contributed by atoms with Crippen molar-refractivity contribution in [2.24, 2.45) is 0 Å². The summed E-state index contributed by atoms with van der Waals surface area (Å²) in [6, 6.07) is 102. The van der Waals surface area contributed by atoms with Crippen molar-refractivity contribution in [3.63, 3.8) is 0 Å². The van der Waals surface area contributed by atoms with Gasteiger partial charge in [-0.1, -0.05) is 241 Å². The van der Waals surface area contributed by atoms with Gasteiger partial charge in [-0.3, -0.25) is 0 Å². The molecule has 0 unspecified atom stereocenters. The Morgan fingerprint density at radius 3 is 1.15 bits per heavy atom. The Bertz CT molecular complexity index is 5850. The Morgan fingerprint density at radius 2 is 0.694 bits per heavy atom. The van der Waals surface area contributed by atoms with Crippen LogP contribution < -0.4 is 26.2 Å². The summed E-state index contributed by atoms with van der Waals surface area (Å²) in [5, 5.41) is 23.9. The molecule has 5 heterocycles. The minimum atomic E-state index is -0.368. The van der Waals surface area contributed by atoms with Crippen molar-refractivity contribution in [3.05, 3.63) is 306 Å². The van der Waals surface area contributed by atoms with Crippen molar-refractivity contribution in [1.82, 2.24) is 29.5 Å². The van der Waals surface area contributed by atoms with E-state index in [0.29, 0.717) is 34.4 Å². The lowest BCUT2D eigenvalue weighted by atomic mass is 9.33. The van der Waals surface area contributed by atoms with Gasteiger partial charge in [-0.05, 0) is 187 Å². The maximum atomic E-state index is 10.9. The molecule has 0 bridgehead atoms. The van der Waals surface area contributed by atoms with E-state index in [4.69, 9.17) is 24.9 Å². The molecular formula is C97H81BN10. The summed E-state index contributed by atoms with van der Waals surface area (Å²) in [4.78, 5) is 31.8. The van der Waals surface area contributed by atoms with Crippen LogP contribution in [-0.2, 0) is 21.7 Å². The van der Waals surface area contributed by atoms with Crippen LogP contribution in [0.25, 0.3) is 107 Å². The van der Waals surface area contributed by atoms with Crippen molar-refractivity contribution in [2.75, 3.05) is 9.80 Å². The Labute approximate surface area is 633 Å². The second kappa shape index (κ2) is 26.0. The van der Waals surface area contributed by atoms with Crippen molar-refractivity contribution >= 4 is 79.0 Å². The zero-order valence-electron chi connectivity index (χ0n) is 63.0. The van der Waals surface area contributed by atoms with E-state index >= 15 is 0 Å². The molecule has 0 fully saturated rings.